The standard InChI is InChI=1S/C5H11NO2.S/c1-5-4-6(7)2-3-8-5;/h5-6H,2-4H2,1H3;/q;-2/p+2. The van der Waals surface area contributed by atoms with Crippen LogP contribution >= 0.6 is 0 Å². The Kier molecular flexibility index (Phi) is 4.22. The van der Waals surface area contributed by atoms with Gasteiger partial charge in [-0.15, -0.1) is 0 Å². The van der Waals surface area contributed by atoms with E-state index in [1.807, 2.05) is 6.92 Å². The molecule has 9 heavy (non-hydrogen) atoms. The summed E-state index contributed by atoms with van der Waals surface area (Å²) in [5, 5.41) is 10.9. The number of nitrogens with one attached hydrogen (secondary N) is 1. The number of quaternary nitrogens is 1. The molecule has 0 bridgehead atoms. The Balaban J connectivity index is -0.000000213. The van der Waals surface area contributed by atoms with Crippen LogP contribution in [0.5, 0.6) is 0 Å². The summed E-state index contributed by atoms with van der Waals surface area (Å²) < 4.78 is 5.13. The first-order chi connectivity index (χ1) is 3.79. The molecule has 4 heteroatoms. The van der Waals surface area contributed by atoms with Gasteiger partial charge in [0.25, 0.3) is 0 Å². The van der Waals surface area contributed by atoms with Gasteiger partial charge in [-0.3, -0.25) is 0 Å². The van der Waals surface area contributed by atoms with Crippen molar-refractivity contribution in [2.45, 2.75) is 13.0 Å². The predicted octanol–water partition coefficient (Wildman–Crippen LogP) is -0.990. The Bertz CT molecular complexity index is 80.9. The van der Waals surface area contributed by atoms with Crippen LogP contribution in [0, 0.1) is 5.21 Å². The normalized spacial score (nSPS) is 35.3. The number of hydrogen-bond donors (Lipinski definition) is 1. The number of hydrogen-bond acceptors (Lipinski definition) is 2. The summed E-state index contributed by atoms with van der Waals surface area (Å²) in [5.74, 6) is 0. The summed E-state index contributed by atoms with van der Waals surface area (Å²) in [5.41, 5.74) is 0. The van der Waals surface area contributed by atoms with Gasteiger partial charge in [-0.25, -0.2) is 0 Å². The van der Waals surface area contributed by atoms with Crippen LogP contribution in [-0.4, -0.2) is 25.8 Å². The van der Waals surface area contributed by atoms with Crippen LogP contribution in [0.2, 0.25) is 0 Å². The zero-order chi connectivity index (χ0) is 5.98. The molecule has 1 heterocycles. The third-order valence-electron chi connectivity index (χ3n) is 1.30. The fourth-order valence-electron chi connectivity index (χ4n) is 0.856. The molecule has 1 rings (SSSR count). The fourth-order valence-corrected chi connectivity index (χ4v) is 0.856. The third kappa shape index (κ3) is 3.05. The molecule has 0 amide bonds. The highest BCUT2D eigenvalue weighted by Crippen LogP contribution is 1.87. The molecule has 0 saturated carbocycles. The molecule has 2 unspecified atom stereocenters. The van der Waals surface area contributed by atoms with Crippen LogP contribution in [0.15, 0.2) is 0 Å². The van der Waals surface area contributed by atoms with E-state index in [4.69, 9.17) is 4.74 Å². The van der Waals surface area contributed by atoms with Gasteiger partial charge in [0.05, 0.1) is 6.61 Å². The minimum atomic E-state index is 0. The minimum absolute atomic E-state index is 0. The van der Waals surface area contributed by atoms with E-state index >= 15 is 0 Å². The Morgan fingerprint density at radius 1 is 1.78 bits per heavy atom. The first-order valence-corrected chi connectivity index (χ1v) is 2.92. The van der Waals surface area contributed by atoms with Crippen molar-refractivity contribution in [3.63, 3.8) is 0 Å². The molecule has 0 aromatic carbocycles. The fraction of sp³-hybridized carbons (Fsp3) is 1.00. The number of ether oxygens (including phenoxy) is 1. The lowest BCUT2D eigenvalue weighted by Crippen LogP contribution is -3.10. The summed E-state index contributed by atoms with van der Waals surface area (Å²) in [6, 6.07) is 0. The third-order valence-corrected chi connectivity index (χ3v) is 1.30. The molecular formula is C5H13NO2S. The lowest BCUT2D eigenvalue weighted by molar-refractivity contribution is -0.861. The SMILES string of the molecule is CC1C[NH+]([O-])CCO1.[H+].[H+].[S-2]. The summed E-state index contributed by atoms with van der Waals surface area (Å²) in [7, 11) is 0. The van der Waals surface area contributed by atoms with Crippen molar-refractivity contribution in [2.75, 3.05) is 19.7 Å². The van der Waals surface area contributed by atoms with E-state index in [9.17, 15) is 5.21 Å². The van der Waals surface area contributed by atoms with Gasteiger partial charge in [0, 0.05) is 0 Å². The van der Waals surface area contributed by atoms with Gasteiger partial charge in [0.2, 0.25) is 0 Å². The van der Waals surface area contributed by atoms with Gasteiger partial charge in [0.15, 0.2) is 0 Å². The van der Waals surface area contributed by atoms with Gasteiger partial charge in [-0.05, 0) is 6.92 Å². The van der Waals surface area contributed by atoms with E-state index < -0.39 is 0 Å². The number of hydroxylamine groups is 2. The van der Waals surface area contributed by atoms with E-state index in [0.29, 0.717) is 24.8 Å². The summed E-state index contributed by atoms with van der Waals surface area (Å²) in [6.45, 7) is 3.78. The molecule has 1 fully saturated rings. The zero-order valence-corrected chi connectivity index (χ0v) is 6.24. The molecule has 1 aliphatic rings. The second-order valence-electron chi connectivity index (χ2n) is 2.17. The second kappa shape index (κ2) is 4.11. The minimum Gasteiger partial charge on any atom is -2.00 e. The molecule has 3 nitrogen and oxygen atoms in total. The van der Waals surface area contributed by atoms with Crippen molar-refractivity contribution in [3.05, 3.63) is 5.21 Å². The molecule has 1 aliphatic heterocycles. The lowest BCUT2D eigenvalue weighted by Gasteiger charge is -2.30. The smallest absolute Gasteiger partial charge is 1.00 e. The molecule has 0 radical (unpaired) electrons. The highest BCUT2D eigenvalue weighted by atomic mass is 32.1. The molecule has 1 N–H and O–H groups in total. The number of morpholine rings is 1. The topological polar surface area (TPSA) is 36.7 Å². The van der Waals surface area contributed by atoms with Gasteiger partial charge < -0.3 is 28.5 Å². The van der Waals surface area contributed by atoms with Crippen molar-refractivity contribution in [2.24, 2.45) is 0 Å². The summed E-state index contributed by atoms with van der Waals surface area (Å²) in [6.07, 6.45) is 0.163. The molecule has 2 atom stereocenters. The molecule has 0 aromatic rings. The molecule has 1 saturated heterocycles. The predicted molar refractivity (Wildman–Crippen MR) is 39.1 cm³/mol. The lowest BCUT2D eigenvalue weighted by atomic mass is 10.3. The second-order valence-corrected chi connectivity index (χ2v) is 2.17. The molecule has 0 spiro atoms. The maximum absolute atomic E-state index is 10.6. The maximum Gasteiger partial charge on any atom is 1.00 e. The Morgan fingerprint density at radius 2 is 2.44 bits per heavy atom. The van der Waals surface area contributed by atoms with Crippen LogP contribution in [0.25, 0.3) is 0 Å². The maximum atomic E-state index is 10.6. The summed E-state index contributed by atoms with van der Waals surface area (Å²) in [4.78, 5) is 0. The van der Waals surface area contributed by atoms with E-state index in [1.54, 1.807) is 0 Å². The van der Waals surface area contributed by atoms with Crippen molar-refractivity contribution in [1.82, 2.24) is 0 Å². The quantitative estimate of drug-likeness (QED) is 0.451. The van der Waals surface area contributed by atoms with Crippen LogP contribution in [0.4, 0.5) is 0 Å². The first kappa shape index (κ1) is 9.23. The van der Waals surface area contributed by atoms with Crippen LogP contribution in [0.3, 0.4) is 0 Å². The zero-order valence-electron chi connectivity index (χ0n) is 7.42. The molecule has 0 aliphatic carbocycles. The molecule has 56 valence electrons. The van der Waals surface area contributed by atoms with Gasteiger partial charge in [0.1, 0.15) is 19.2 Å². The van der Waals surface area contributed by atoms with Gasteiger partial charge >= 0.3 is 2.85 Å². The molecular weight excluding hydrogens is 138 g/mol. The first-order valence-electron chi connectivity index (χ1n) is 2.92. The van der Waals surface area contributed by atoms with Crippen LogP contribution in [-0.2, 0) is 18.2 Å². The highest BCUT2D eigenvalue weighted by molar-refractivity contribution is 7.37. The van der Waals surface area contributed by atoms with Crippen molar-refractivity contribution in [3.8, 4) is 0 Å². The Morgan fingerprint density at radius 3 is 2.78 bits per heavy atom. The Labute approximate surface area is 65.0 Å². The van der Waals surface area contributed by atoms with E-state index in [-0.39, 0.29) is 22.5 Å². The number of rotatable bonds is 0. The van der Waals surface area contributed by atoms with Crippen molar-refractivity contribution in [1.29, 1.82) is 0 Å². The largest absolute Gasteiger partial charge is 2.00 e. The van der Waals surface area contributed by atoms with Crippen molar-refractivity contribution >= 4 is 13.5 Å². The van der Waals surface area contributed by atoms with E-state index in [2.05, 4.69) is 0 Å². The average Bonchev–Trinajstić information content (AvgIpc) is 1.64. The Hall–Kier alpha value is 0.230. The summed E-state index contributed by atoms with van der Waals surface area (Å²) >= 11 is 0. The van der Waals surface area contributed by atoms with Gasteiger partial charge in [-0.1, -0.05) is 0 Å². The van der Waals surface area contributed by atoms with Crippen LogP contribution < -0.4 is 5.06 Å². The highest BCUT2D eigenvalue weighted by Gasteiger charge is 2.12. The monoisotopic (exact) mass is 151 g/mol. The van der Waals surface area contributed by atoms with E-state index in [0.717, 1.165) is 0 Å². The van der Waals surface area contributed by atoms with Gasteiger partial charge in [-0.2, -0.15) is 0 Å². The van der Waals surface area contributed by atoms with E-state index in [1.165, 1.54) is 0 Å². The average molecular weight is 151 g/mol. The molecule has 0 aromatic heterocycles. The van der Waals surface area contributed by atoms with Crippen LogP contribution in [0.1, 0.15) is 9.78 Å². The van der Waals surface area contributed by atoms with Crippen molar-refractivity contribution < 1.29 is 12.7 Å².